The molecule has 1 aliphatic heterocycles. The second-order valence-corrected chi connectivity index (χ2v) is 7.16. The number of nitrogens with one attached hydrogen (secondary N) is 1. The van der Waals surface area contributed by atoms with E-state index in [1.807, 2.05) is 36.5 Å². The van der Waals surface area contributed by atoms with Crippen molar-refractivity contribution in [1.82, 2.24) is 10.3 Å². The molecule has 0 unspecified atom stereocenters. The molecule has 1 N–H and O–H groups in total. The van der Waals surface area contributed by atoms with Gasteiger partial charge in [0.1, 0.15) is 11.6 Å². The normalized spacial score (nSPS) is 19.4. The van der Waals surface area contributed by atoms with Crippen LogP contribution in [-0.4, -0.2) is 37.6 Å². The first-order valence-electron chi connectivity index (χ1n) is 9.84. The summed E-state index contributed by atoms with van der Waals surface area (Å²) in [6, 6.07) is 14.8. The van der Waals surface area contributed by atoms with Gasteiger partial charge in [-0.15, -0.1) is 0 Å². The quantitative estimate of drug-likeness (QED) is 0.658. The van der Waals surface area contributed by atoms with Crippen molar-refractivity contribution in [3.63, 3.8) is 0 Å². The lowest BCUT2D eigenvalue weighted by molar-refractivity contribution is -0.192. The Bertz CT molecular complexity index is 958. The van der Waals surface area contributed by atoms with E-state index in [1.165, 1.54) is 11.6 Å². The van der Waals surface area contributed by atoms with Crippen LogP contribution in [0.2, 0.25) is 0 Å². The monoisotopic (exact) mass is 396 g/mol. The molecule has 29 heavy (non-hydrogen) atoms. The summed E-state index contributed by atoms with van der Waals surface area (Å²) in [6.45, 7) is 1.55. The highest BCUT2D eigenvalue weighted by Gasteiger charge is 2.22. The predicted molar refractivity (Wildman–Crippen MR) is 109 cm³/mol. The molecule has 1 saturated heterocycles. The van der Waals surface area contributed by atoms with Crippen LogP contribution >= 0.6 is 0 Å². The van der Waals surface area contributed by atoms with E-state index < -0.39 is 0 Å². The molecule has 0 saturated carbocycles. The number of pyridine rings is 1. The van der Waals surface area contributed by atoms with Gasteiger partial charge in [-0.2, -0.15) is 0 Å². The van der Waals surface area contributed by atoms with Gasteiger partial charge in [0, 0.05) is 30.1 Å². The molecule has 0 aliphatic carbocycles. The van der Waals surface area contributed by atoms with Crippen LogP contribution in [0.25, 0.3) is 10.9 Å². The zero-order valence-corrected chi connectivity index (χ0v) is 16.4. The molecule has 0 amide bonds. The third-order valence-electron chi connectivity index (χ3n) is 5.19. The van der Waals surface area contributed by atoms with E-state index in [0.29, 0.717) is 25.3 Å². The van der Waals surface area contributed by atoms with Crippen molar-refractivity contribution in [2.75, 3.05) is 20.3 Å². The van der Waals surface area contributed by atoms with Gasteiger partial charge < -0.3 is 19.5 Å². The maximum Gasteiger partial charge on any atom is 0.158 e. The number of aryl methyl sites for hydroxylation is 1. The number of hydrogen-bond donors (Lipinski definition) is 1. The number of benzene rings is 2. The van der Waals surface area contributed by atoms with Gasteiger partial charge in [0.15, 0.2) is 6.29 Å². The molecule has 1 aliphatic rings. The van der Waals surface area contributed by atoms with E-state index in [9.17, 15) is 4.39 Å². The molecule has 0 bridgehead atoms. The topological polar surface area (TPSA) is 52.6 Å². The van der Waals surface area contributed by atoms with Crippen LogP contribution in [0.3, 0.4) is 0 Å². The minimum absolute atomic E-state index is 0.0527. The largest absolute Gasteiger partial charge is 0.497 e. The number of halogens is 1. The van der Waals surface area contributed by atoms with Crippen molar-refractivity contribution in [2.24, 2.45) is 0 Å². The van der Waals surface area contributed by atoms with E-state index in [1.54, 1.807) is 19.2 Å². The van der Waals surface area contributed by atoms with Gasteiger partial charge in [-0.1, -0.05) is 18.2 Å². The van der Waals surface area contributed by atoms with Gasteiger partial charge in [0.2, 0.25) is 0 Å². The Hall–Kier alpha value is -2.54. The van der Waals surface area contributed by atoms with Crippen LogP contribution in [0, 0.1) is 5.82 Å². The molecule has 0 spiro atoms. The highest BCUT2D eigenvalue weighted by molar-refractivity contribution is 5.83. The summed E-state index contributed by atoms with van der Waals surface area (Å²) >= 11 is 0. The van der Waals surface area contributed by atoms with E-state index in [4.69, 9.17) is 14.2 Å². The number of ether oxygens (including phenoxy) is 3. The van der Waals surface area contributed by atoms with Crippen molar-refractivity contribution in [2.45, 2.75) is 31.7 Å². The Morgan fingerprint density at radius 2 is 1.93 bits per heavy atom. The summed E-state index contributed by atoms with van der Waals surface area (Å²) in [5.74, 6) is 0.623. The number of rotatable bonds is 7. The Kier molecular flexibility index (Phi) is 6.34. The first-order chi connectivity index (χ1) is 14.2. The van der Waals surface area contributed by atoms with Gasteiger partial charge in [0.25, 0.3) is 0 Å². The summed E-state index contributed by atoms with van der Waals surface area (Å²) in [5.41, 5.74) is 2.79. The van der Waals surface area contributed by atoms with Crippen LogP contribution in [0.1, 0.15) is 17.5 Å². The molecule has 0 atom stereocenters. The summed E-state index contributed by atoms with van der Waals surface area (Å²) in [6.07, 6.45) is 3.17. The molecule has 1 fully saturated rings. The summed E-state index contributed by atoms with van der Waals surface area (Å²) in [4.78, 5) is 4.42. The highest BCUT2D eigenvalue weighted by Crippen LogP contribution is 2.24. The molecule has 152 valence electrons. The number of nitrogens with zero attached hydrogens (tertiary/aromatic N) is 1. The van der Waals surface area contributed by atoms with Gasteiger partial charge in [-0.05, 0) is 42.3 Å². The molecule has 5 nitrogen and oxygen atoms in total. The minimum Gasteiger partial charge on any atom is -0.497 e. The molecule has 1 aromatic heterocycles. The van der Waals surface area contributed by atoms with Crippen LogP contribution in [-0.2, 0) is 22.4 Å². The highest BCUT2D eigenvalue weighted by atomic mass is 19.1. The molecular formula is C23H25FN2O3. The zero-order valence-electron chi connectivity index (χ0n) is 16.4. The molecule has 6 heteroatoms. The Labute approximate surface area is 169 Å². The average molecular weight is 396 g/mol. The Morgan fingerprint density at radius 3 is 2.72 bits per heavy atom. The fourth-order valence-electron chi connectivity index (χ4n) is 3.52. The lowest BCUT2D eigenvalue weighted by Crippen LogP contribution is -2.44. The maximum absolute atomic E-state index is 13.7. The maximum atomic E-state index is 13.7. The van der Waals surface area contributed by atoms with Gasteiger partial charge >= 0.3 is 0 Å². The van der Waals surface area contributed by atoms with Gasteiger partial charge in [-0.25, -0.2) is 4.39 Å². The van der Waals surface area contributed by atoms with E-state index in [2.05, 4.69) is 10.3 Å². The number of aromatic nitrogens is 1. The molecule has 4 rings (SSSR count). The molecular weight excluding hydrogens is 371 g/mol. The van der Waals surface area contributed by atoms with Crippen molar-refractivity contribution in [3.05, 3.63) is 71.7 Å². The lowest BCUT2D eigenvalue weighted by Gasteiger charge is -2.30. The van der Waals surface area contributed by atoms with Crippen molar-refractivity contribution < 1.29 is 18.6 Å². The number of methoxy groups -OCH3 is 1. The molecule has 0 radical (unpaired) electrons. The van der Waals surface area contributed by atoms with Crippen molar-refractivity contribution in [1.29, 1.82) is 0 Å². The van der Waals surface area contributed by atoms with E-state index in [-0.39, 0.29) is 18.1 Å². The first kappa shape index (κ1) is 19.8. The second-order valence-electron chi connectivity index (χ2n) is 7.16. The van der Waals surface area contributed by atoms with Crippen LogP contribution < -0.4 is 10.1 Å². The van der Waals surface area contributed by atoms with Crippen LogP contribution in [0.4, 0.5) is 4.39 Å². The van der Waals surface area contributed by atoms with Gasteiger partial charge in [-0.3, -0.25) is 4.98 Å². The van der Waals surface area contributed by atoms with Gasteiger partial charge in [0.05, 0.1) is 31.9 Å². The van der Waals surface area contributed by atoms with E-state index >= 15 is 0 Å². The summed E-state index contributed by atoms with van der Waals surface area (Å²) in [5, 5.41) is 4.39. The lowest BCUT2D eigenvalue weighted by atomic mass is 10.0. The standard InChI is InChI=1S/C23H25FN2O3/c1-27-19-7-8-22-20(12-19)16(10-11-25-22)6-9-23-28-14-18(15-29-23)26-13-17-4-2-3-5-21(17)24/h2-5,7-8,10-12,18,23,26H,6,9,13-15H2,1H3. The van der Waals surface area contributed by atoms with E-state index in [0.717, 1.165) is 29.5 Å². The Morgan fingerprint density at radius 1 is 1.10 bits per heavy atom. The Balaban J connectivity index is 1.28. The third kappa shape index (κ3) is 4.90. The first-order valence-corrected chi connectivity index (χ1v) is 9.84. The van der Waals surface area contributed by atoms with Crippen molar-refractivity contribution >= 4 is 10.9 Å². The molecule has 2 heterocycles. The number of hydrogen-bond acceptors (Lipinski definition) is 5. The smallest absolute Gasteiger partial charge is 0.158 e. The fourth-order valence-corrected chi connectivity index (χ4v) is 3.52. The fraction of sp³-hybridized carbons (Fsp3) is 0.348. The van der Waals surface area contributed by atoms with Crippen LogP contribution in [0.5, 0.6) is 5.75 Å². The molecule has 3 aromatic rings. The summed E-state index contributed by atoms with van der Waals surface area (Å²) < 4.78 is 30.8. The number of fused-ring (bicyclic) bond motifs is 1. The second kappa shape index (κ2) is 9.31. The summed E-state index contributed by atoms with van der Waals surface area (Å²) in [7, 11) is 1.66. The van der Waals surface area contributed by atoms with Crippen LogP contribution in [0.15, 0.2) is 54.7 Å². The zero-order chi connectivity index (χ0) is 20.1. The predicted octanol–water partition coefficient (Wildman–Crippen LogP) is 3.85. The van der Waals surface area contributed by atoms with Crippen molar-refractivity contribution in [3.8, 4) is 5.75 Å². The minimum atomic E-state index is -0.240. The SMILES string of the molecule is COc1ccc2nccc(CCC3OCC(NCc4ccccc4F)CO3)c2c1. The third-order valence-corrected chi connectivity index (χ3v) is 5.19. The average Bonchev–Trinajstić information content (AvgIpc) is 2.77. The molecule has 2 aromatic carbocycles.